The van der Waals surface area contributed by atoms with Gasteiger partial charge < -0.3 is 15.1 Å². The van der Waals surface area contributed by atoms with Crippen molar-refractivity contribution in [3.05, 3.63) is 110 Å². The summed E-state index contributed by atoms with van der Waals surface area (Å²) in [6.07, 6.45) is 8.59. The zero-order valence-electron chi connectivity index (χ0n) is 32.4. The molecular formula is C43H43ClN10O3S. The van der Waals surface area contributed by atoms with Crippen LogP contribution in [0, 0.1) is 25.7 Å². The third-order valence-electron chi connectivity index (χ3n) is 11.6. The van der Waals surface area contributed by atoms with Crippen molar-refractivity contribution in [1.82, 2.24) is 39.7 Å². The van der Waals surface area contributed by atoms with Gasteiger partial charge in [0.25, 0.3) is 5.91 Å². The Morgan fingerprint density at radius 1 is 0.983 bits per heavy atom. The molecule has 0 radical (unpaired) electrons. The first-order chi connectivity index (χ1) is 28.2. The van der Waals surface area contributed by atoms with Gasteiger partial charge in [-0.2, -0.15) is 5.10 Å². The maximum atomic E-state index is 13.3. The van der Waals surface area contributed by atoms with E-state index < -0.39 is 6.04 Å². The SMILES string of the molecule is Cc1c(C#Cc2cnn(CCCCN3CCC(Nc4cccc5c4CN(C4CCC(=O)NC4=O)C5=O)CC3)c2)sc2c1C(c1ccc(Cl)cc1)=NCc1nnc(C)n1-2. The molecule has 1 unspecified atom stereocenters. The summed E-state index contributed by atoms with van der Waals surface area (Å²) in [5, 5.41) is 21.2. The van der Waals surface area contributed by atoms with Crippen molar-refractivity contribution in [2.24, 2.45) is 4.99 Å². The van der Waals surface area contributed by atoms with Crippen LogP contribution in [-0.2, 0) is 29.2 Å². The molecule has 0 saturated carbocycles. The number of rotatable bonds is 9. The number of hydrogen-bond acceptors (Lipinski definition) is 10. The van der Waals surface area contributed by atoms with Crippen LogP contribution >= 0.6 is 22.9 Å². The van der Waals surface area contributed by atoms with Crippen molar-refractivity contribution in [2.75, 3.05) is 25.0 Å². The molecule has 5 aromatic rings. The van der Waals surface area contributed by atoms with Crippen molar-refractivity contribution in [1.29, 1.82) is 0 Å². The number of nitrogens with zero attached hydrogens (tertiary/aromatic N) is 8. The van der Waals surface area contributed by atoms with Crippen LogP contribution in [0.3, 0.4) is 0 Å². The van der Waals surface area contributed by atoms with E-state index in [4.69, 9.17) is 16.6 Å². The maximum Gasteiger partial charge on any atom is 0.255 e. The first kappa shape index (κ1) is 37.9. The van der Waals surface area contributed by atoms with Gasteiger partial charge in [-0.3, -0.25) is 33.9 Å². The van der Waals surface area contributed by atoms with Crippen molar-refractivity contribution >= 4 is 52.1 Å². The molecule has 1 atom stereocenters. The fourth-order valence-corrected chi connectivity index (χ4v) is 9.79. The van der Waals surface area contributed by atoms with Crippen LogP contribution in [0.4, 0.5) is 5.69 Å². The Morgan fingerprint density at radius 2 is 1.79 bits per heavy atom. The summed E-state index contributed by atoms with van der Waals surface area (Å²) in [5.41, 5.74) is 7.43. The largest absolute Gasteiger partial charge is 0.382 e. The number of aliphatic imine (C=N–C) groups is 1. The van der Waals surface area contributed by atoms with E-state index in [9.17, 15) is 14.4 Å². The van der Waals surface area contributed by atoms with Crippen LogP contribution in [-0.4, -0.2) is 89.5 Å². The summed E-state index contributed by atoms with van der Waals surface area (Å²) in [6, 6.07) is 13.2. The molecule has 9 rings (SSSR count). The highest BCUT2D eigenvalue weighted by Crippen LogP contribution is 2.37. The number of carbonyl (C=O) groups is 3. The third kappa shape index (κ3) is 7.45. The Balaban J connectivity index is 0.770. The van der Waals surface area contributed by atoms with Gasteiger partial charge in [0, 0.05) is 77.8 Å². The first-order valence-electron chi connectivity index (χ1n) is 19.9. The summed E-state index contributed by atoms with van der Waals surface area (Å²) < 4.78 is 4.09. The number of fused-ring (bicyclic) bond motifs is 4. The topological polar surface area (TPSA) is 143 Å². The number of hydrogen-bond donors (Lipinski definition) is 2. The summed E-state index contributed by atoms with van der Waals surface area (Å²) >= 11 is 7.85. The number of benzene rings is 2. The molecule has 58 heavy (non-hydrogen) atoms. The van der Waals surface area contributed by atoms with Crippen molar-refractivity contribution in [2.45, 2.75) is 84.1 Å². The molecule has 4 aliphatic rings. The lowest BCUT2D eigenvalue weighted by Crippen LogP contribution is -2.52. The lowest BCUT2D eigenvalue weighted by atomic mass is 10.00. The number of amides is 3. The summed E-state index contributed by atoms with van der Waals surface area (Å²) in [5.74, 6) is 7.61. The number of likely N-dealkylation sites (tertiary alicyclic amines) is 1. The van der Waals surface area contributed by atoms with Gasteiger partial charge in [-0.15, -0.1) is 21.5 Å². The smallest absolute Gasteiger partial charge is 0.255 e. The van der Waals surface area contributed by atoms with Gasteiger partial charge in [0.1, 0.15) is 23.4 Å². The van der Waals surface area contributed by atoms with E-state index in [1.807, 2.05) is 66.5 Å². The molecule has 13 nitrogen and oxygen atoms in total. The number of halogens is 1. The molecule has 0 spiro atoms. The molecule has 2 fully saturated rings. The minimum Gasteiger partial charge on any atom is -0.382 e. The van der Waals surface area contributed by atoms with Crippen molar-refractivity contribution in [3.8, 4) is 16.8 Å². The number of aromatic nitrogens is 5. The van der Waals surface area contributed by atoms with Crippen LogP contribution in [0.1, 0.15) is 93.2 Å². The number of nitrogens with one attached hydrogen (secondary N) is 2. The predicted molar refractivity (Wildman–Crippen MR) is 223 cm³/mol. The molecule has 2 aromatic carbocycles. The lowest BCUT2D eigenvalue weighted by molar-refractivity contribution is -0.136. The molecule has 4 aliphatic heterocycles. The number of aryl methyl sites for hydroxylation is 2. The molecular weight excluding hydrogens is 772 g/mol. The Hall–Kier alpha value is -5.62. The van der Waals surface area contributed by atoms with Crippen LogP contribution in [0.5, 0.6) is 0 Å². The van der Waals surface area contributed by atoms with Crippen LogP contribution < -0.4 is 10.6 Å². The zero-order valence-corrected chi connectivity index (χ0v) is 34.0. The second kappa shape index (κ2) is 16.0. The zero-order chi connectivity index (χ0) is 39.9. The van der Waals surface area contributed by atoms with Gasteiger partial charge in [-0.05, 0) is 82.3 Å². The third-order valence-corrected chi connectivity index (χ3v) is 13.0. The number of anilines is 1. The molecule has 2 saturated heterocycles. The Morgan fingerprint density at radius 3 is 2.60 bits per heavy atom. The average molecular weight is 815 g/mol. The maximum absolute atomic E-state index is 13.3. The second-order valence-electron chi connectivity index (χ2n) is 15.3. The summed E-state index contributed by atoms with van der Waals surface area (Å²) in [4.78, 5) is 47.5. The standard InChI is InChI=1S/C43H43ClN10O3S/c1-26-36(58-43-39(26)40(29-9-11-30(44)12-10-29)45-23-37-50-49-27(2)54(37)43)14-8-28-22-46-52(24-28)19-4-3-18-51-20-16-31(17-21-51)47-34-7-5-6-32-33(34)25-53(42(32)57)35-13-15-38(55)48-41(35)56/h5-7,9-12,22,24,31,35,47H,3-4,13,15-21,23,25H2,1-2H3,(H,48,55,56). The van der Waals surface area contributed by atoms with Gasteiger partial charge in [0.2, 0.25) is 11.8 Å². The fourth-order valence-electron chi connectivity index (χ4n) is 8.43. The molecule has 7 heterocycles. The number of piperidine rings is 2. The van der Waals surface area contributed by atoms with Gasteiger partial charge in [0.15, 0.2) is 5.82 Å². The Labute approximate surface area is 345 Å². The van der Waals surface area contributed by atoms with E-state index in [0.717, 1.165) is 113 Å². The van der Waals surface area contributed by atoms with Gasteiger partial charge in [0.05, 0.1) is 22.3 Å². The number of carbonyl (C=O) groups excluding carboxylic acids is 3. The molecule has 15 heteroatoms. The van der Waals surface area contributed by atoms with Gasteiger partial charge in [-0.1, -0.05) is 41.6 Å². The molecule has 296 valence electrons. The van der Waals surface area contributed by atoms with E-state index >= 15 is 0 Å². The summed E-state index contributed by atoms with van der Waals surface area (Å²) in [7, 11) is 0. The molecule has 3 amide bonds. The number of thiophene rings is 1. The average Bonchev–Trinajstić information content (AvgIpc) is 3.97. The summed E-state index contributed by atoms with van der Waals surface area (Å²) in [6.45, 7) is 8.76. The minimum absolute atomic E-state index is 0.146. The van der Waals surface area contributed by atoms with E-state index in [-0.39, 0.29) is 24.1 Å². The molecule has 3 aromatic heterocycles. The molecule has 0 aliphatic carbocycles. The Kier molecular flexibility index (Phi) is 10.4. The Bertz CT molecular complexity index is 2520. The molecule has 2 N–H and O–H groups in total. The highest BCUT2D eigenvalue weighted by atomic mass is 35.5. The van der Waals surface area contributed by atoms with Crippen LogP contribution in [0.15, 0.2) is 59.9 Å². The lowest BCUT2D eigenvalue weighted by Gasteiger charge is -2.33. The first-order valence-corrected chi connectivity index (χ1v) is 21.0. The minimum atomic E-state index is -0.614. The number of unbranched alkanes of at least 4 members (excludes halogenated alkanes) is 1. The van der Waals surface area contributed by atoms with Crippen LogP contribution in [0.2, 0.25) is 5.02 Å². The quantitative estimate of drug-likeness (QED) is 0.110. The fraction of sp³-hybridized carbons (Fsp3) is 0.372. The van der Waals surface area contributed by atoms with Gasteiger partial charge >= 0.3 is 0 Å². The van der Waals surface area contributed by atoms with E-state index in [0.29, 0.717) is 36.1 Å². The monoisotopic (exact) mass is 814 g/mol. The predicted octanol–water partition coefficient (Wildman–Crippen LogP) is 5.66. The van der Waals surface area contributed by atoms with Crippen molar-refractivity contribution < 1.29 is 14.4 Å². The highest BCUT2D eigenvalue weighted by Gasteiger charge is 2.40. The van der Waals surface area contributed by atoms with E-state index in [1.165, 1.54) is 0 Å². The number of imide groups is 1. The normalized spacial score (nSPS) is 18.2. The highest BCUT2D eigenvalue weighted by molar-refractivity contribution is 7.15. The molecule has 0 bridgehead atoms. The van der Waals surface area contributed by atoms with E-state index in [1.54, 1.807) is 16.2 Å². The van der Waals surface area contributed by atoms with Crippen LogP contribution in [0.25, 0.3) is 5.00 Å². The van der Waals surface area contributed by atoms with E-state index in [2.05, 4.69) is 54.2 Å². The van der Waals surface area contributed by atoms with Crippen molar-refractivity contribution in [3.63, 3.8) is 0 Å². The second-order valence-corrected chi connectivity index (χ2v) is 16.8. The van der Waals surface area contributed by atoms with Gasteiger partial charge in [-0.25, -0.2) is 0 Å².